The molecule has 5 heteroatoms. The quantitative estimate of drug-likeness (QED) is 0.475. The second-order valence-corrected chi connectivity index (χ2v) is 2.17. The normalized spacial score (nSPS) is 9.00. The minimum atomic E-state index is -0.939. The number of ether oxygens (including phenoxy) is 1. The van der Waals surface area contributed by atoms with E-state index in [0.717, 1.165) is 19.4 Å². The second kappa shape index (κ2) is 3.63. The van der Waals surface area contributed by atoms with Gasteiger partial charge in [-0.3, -0.25) is 0 Å². The molecule has 0 aliphatic heterocycles. The summed E-state index contributed by atoms with van der Waals surface area (Å²) in [4.78, 5) is 14.1. The van der Waals surface area contributed by atoms with E-state index in [-0.39, 0.29) is 11.1 Å². The lowest BCUT2D eigenvalue weighted by atomic mass is 10.2. The maximum Gasteiger partial charge on any atom is 0.342 e. The highest BCUT2D eigenvalue weighted by molar-refractivity contribution is 5.89. The van der Waals surface area contributed by atoms with Crippen LogP contribution >= 0.6 is 0 Å². The van der Waals surface area contributed by atoms with Crippen LogP contribution in [0.5, 0.6) is 0 Å². The Hall–Kier alpha value is -1.96. The number of halogens is 1. The molecule has 0 bridgehead atoms. The van der Waals surface area contributed by atoms with Gasteiger partial charge in [0.1, 0.15) is 11.6 Å². The van der Waals surface area contributed by atoms with E-state index >= 15 is 0 Å². The van der Waals surface area contributed by atoms with Gasteiger partial charge < -0.3 is 4.74 Å². The molecule has 1 aromatic rings. The summed E-state index contributed by atoms with van der Waals surface area (Å²) in [5, 5.41) is 8.44. The van der Waals surface area contributed by atoms with E-state index in [1.54, 1.807) is 6.07 Å². The van der Waals surface area contributed by atoms with Crippen molar-refractivity contribution in [1.29, 1.82) is 5.26 Å². The first-order valence-electron chi connectivity index (χ1n) is 3.33. The molecule has 0 N–H and O–H groups in total. The molecule has 0 aliphatic rings. The van der Waals surface area contributed by atoms with Gasteiger partial charge in [-0.15, -0.1) is 0 Å². The molecule has 0 fully saturated rings. The van der Waals surface area contributed by atoms with Gasteiger partial charge in [-0.25, -0.2) is 9.78 Å². The van der Waals surface area contributed by atoms with Crippen molar-refractivity contribution >= 4 is 5.97 Å². The lowest BCUT2D eigenvalue weighted by Gasteiger charge is -1.99. The van der Waals surface area contributed by atoms with Gasteiger partial charge in [0, 0.05) is 6.20 Å². The Bertz CT molecular complexity index is 384. The van der Waals surface area contributed by atoms with Crippen LogP contribution in [0.25, 0.3) is 0 Å². The summed E-state index contributed by atoms with van der Waals surface area (Å²) < 4.78 is 17.1. The fourth-order valence-corrected chi connectivity index (χ4v) is 0.762. The first-order chi connectivity index (χ1) is 6.19. The van der Waals surface area contributed by atoms with Crippen LogP contribution in [0.15, 0.2) is 12.3 Å². The van der Waals surface area contributed by atoms with Gasteiger partial charge in [-0.05, 0) is 6.07 Å². The largest absolute Gasteiger partial charge is 0.465 e. The van der Waals surface area contributed by atoms with Crippen molar-refractivity contribution in [2.24, 2.45) is 0 Å². The smallest absolute Gasteiger partial charge is 0.342 e. The van der Waals surface area contributed by atoms with E-state index in [4.69, 9.17) is 5.26 Å². The molecule has 0 radical (unpaired) electrons. The van der Waals surface area contributed by atoms with Crippen molar-refractivity contribution in [3.63, 3.8) is 0 Å². The predicted octanol–water partition coefficient (Wildman–Crippen LogP) is 0.879. The van der Waals surface area contributed by atoms with E-state index in [2.05, 4.69) is 9.72 Å². The first-order valence-corrected chi connectivity index (χ1v) is 3.33. The van der Waals surface area contributed by atoms with Crippen LogP contribution < -0.4 is 0 Å². The predicted molar refractivity (Wildman–Crippen MR) is 40.2 cm³/mol. The Morgan fingerprint density at radius 3 is 3.00 bits per heavy atom. The van der Waals surface area contributed by atoms with E-state index < -0.39 is 11.9 Å². The number of carbonyl (C=O) groups is 1. The fourth-order valence-electron chi connectivity index (χ4n) is 0.762. The molecule has 0 unspecified atom stereocenters. The minimum Gasteiger partial charge on any atom is -0.465 e. The number of esters is 1. The number of pyridine rings is 1. The molecule has 66 valence electrons. The van der Waals surface area contributed by atoms with Crippen molar-refractivity contribution < 1.29 is 13.9 Å². The van der Waals surface area contributed by atoms with Crippen molar-refractivity contribution in [3.05, 3.63) is 29.3 Å². The zero-order chi connectivity index (χ0) is 9.84. The Balaban J connectivity index is 3.20. The molecule has 4 nitrogen and oxygen atoms in total. The number of methoxy groups -OCH3 is 1. The summed E-state index contributed by atoms with van der Waals surface area (Å²) in [6.45, 7) is 0. The van der Waals surface area contributed by atoms with E-state index in [1.165, 1.54) is 0 Å². The summed E-state index contributed by atoms with van der Waals surface area (Å²) in [6, 6.07) is 2.83. The number of nitrogens with zero attached hydrogens (tertiary/aromatic N) is 2. The summed E-state index contributed by atoms with van der Waals surface area (Å²) in [6.07, 6.45) is 1.04. The van der Waals surface area contributed by atoms with Gasteiger partial charge in [-0.2, -0.15) is 9.65 Å². The number of hydrogen-bond donors (Lipinski definition) is 0. The number of nitriles is 1. The molecule has 13 heavy (non-hydrogen) atoms. The van der Waals surface area contributed by atoms with Crippen LogP contribution in [0, 0.1) is 17.3 Å². The standard InChI is InChI=1S/C8H5FN2O2/c1-13-8(12)6-2-5(3-10)4-11-7(6)9/h2,4H,1H3. The molecule has 1 rings (SSSR count). The SMILES string of the molecule is COC(=O)c1cc(C#N)cnc1F. The van der Waals surface area contributed by atoms with Crippen molar-refractivity contribution in [2.45, 2.75) is 0 Å². The zero-order valence-electron chi connectivity index (χ0n) is 6.74. The van der Waals surface area contributed by atoms with Crippen LogP contribution in [0.3, 0.4) is 0 Å². The van der Waals surface area contributed by atoms with E-state index in [9.17, 15) is 9.18 Å². The van der Waals surface area contributed by atoms with Gasteiger partial charge in [0.25, 0.3) is 0 Å². The van der Waals surface area contributed by atoms with Crippen molar-refractivity contribution in [2.75, 3.05) is 7.11 Å². The summed E-state index contributed by atoms with van der Waals surface area (Å²) in [7, 11) is 1.13. The third-order valence-electron chi connectivity index (χ3n) is 1.37. The third-order valence-corrected chi connectivity index (χ3v) is 1.37. The average molecular weight is 180 g/mol. The molecule has 0 atom stereocenters. The molecule has 0 spiro atoms. The Labute approximate surface area is 73.6 Å². The highest BCUT2D eigenvalue weighted by Gasteiger charge is 2.13. The van der Waals surface area contributed by atoms with Gasteiger partial charge >= 0.3 is 5.97 Å². The molecule has 1 heterocycles. The molecular weight excluding hydrogens is 175 g/mol. The molecule has 0 saturated carbocycles. The Kier molecular flexibility index (Phi) is 2.55. The third kappa shape index (κ3) is 1.79. The number of carbonyl (C=O) groups excluding carboxylic acids is 1. The molecule has 0 amide bonds. The van der Waals surface area contributed by atoms with Gasteiger partial charge in [0.15, 0.2) is 0 Å². The number of hydrogen-bond acceptors (Lipinski definition) is 4. The number of aromatic nitrogens is 1. The fraction of sp³-hybridized carbons (Fsp3) is 0.125. The van der Waals surface area contributed by atoms with Crippen LogP contribution in [-0.2, 0) is 4.74 Å². The lowest BCUT2D eigenvalue weighted by molar-refractivity contribution is 0.0594. The zero-order valence-corrected chi connectivity index (χ0v) is 6.74. The van der Waals surface area contributed by atoms with Crippen LogP contribution in [0.4, 0.5) is 4.39 Å². The number of rotatable bonds is 1. The first kappa shape index (κ1) is 9.13. The van der Waals surface area contributed by atoms with Crippen LogP contribution in [0.2, 0.25) is 0 Å². The highest BCUT2D eigenvalue weighted by atomic mass is 19.1. The van der Waals surface area contributed by atoms with Crippen molar-refractivity contribution in [3.8, 4) is 6.07 Å². The molecule has 0 saturated heterocycles. The Morgan fingerprint density at radius 1 is 1.77 bits per heavy atom. The monoisotopic (exact) mass is 180 g/mol. The molecule has 0 aromatic carbocycles. The topological polar surface area (TPSA) is 63.0 Å². The maximum atomic E-state index is 12.8. The Morgan fingerprint density at radius 2 is 2.46 bits per heavy atom. The summed E-state index contributed by atoms with van der Waals surface area (Å²) in [5.74, 6) is -1.78. The second-order valence-electron chi connectivity index (χ2n) is 2.17. The molecule has 1 aromatic heterocycles. The summed E-state index contributed by atoms with van der Waals surface area (Å²) in [5.41, 5.74) is -0.219. The van der Waals surface area contributed by atoms with Gasteiger partial charge in [-0.1, -0.05) is 0 Å². The highest BCUT2D eigenvalue weighted by Crippen LogP contribution is 2.07. The lowest BCUT2D eigenvalue weighted by Crippen LogP contribution is -2.06. The van der Waals surface area contributed by atoms with Crippen molar-refractivity contribution in [1.82, 2.24) is 4.98 Å². The van der Waals surface area contributed by atoms with E-state index in [0.29, 0.717) is 0 Å². The summed E-state index contributed by atoms with van der Waals surface area (Å²) >= 11 is 0. The molecular formula is C8H5FN2O2. The van der Waals surface area contributed by atoms with Crippen LogP contribution in [-0.4, -0.2) is 18.1 Å². The average Bonchev–Trinajstić information content (AvgIpc) is 2.17. The molecule has 0 aliphatic carbocycles. The maximum absolute atomic E-state index is 12.8. The minimum absolute atomic E-state index is 0.113. The van der Waals surface area contributed by atoms with Gasteiger partial charge in [0.05, 0.1) is 12.7 Å². The van der Waals surface area contributed by atoms with Gasteiger partial charge in [0.2, 0.25) is 5.95 Å². The van der Waals surface area contributed by atoms with Crippen LogP contribution in [0.1, 0.15) is 15.9 Å². The van der Waals surface area contributed by atoms with E-state index in [1.807, 2.05) is 0 Å².